The second-order valence-corrected chi connectivity index (χ2v) is 5.22. The summed E-state index contributed by atoms with van der Waals surface area (Å²) in [5.41, 5.74) is 5.45. The monoisotopic (exact) mass is 270 g/mol. The molecule has 0 fully saturated rings. The van der Waals surface area contributed by atoms with E-state index in [1.807, 2.05) is 12.1 Å². The Bertz CT molecular complexity index is 522. The van der Waals surface area contributed by atoms with Crippen LogP contribution < -0.4 is 11.1 Å². The summed E-state index contributed by atoms with van der Waals surface area (Å²) < 4.78 is 2.21. The second-order valence-electron chi connectivity index (χ2n) is 3.42. The molecule has 0 atom stereocenters. The highest BCUT2D eigenvalue weighted by Gasteiger charge is 2.04. The molecule has 0 aromatic carbocycles. The maximum atomic E-state index is 11.6. The van der Waals surface area contributed by atoms with E-state index in [1.54, 1.807) is 12.3 Å². The number of anilines is 1. The Morgan fingerprint density at radius 3 is 2.94 bits per heavy atom. The van der Waals surface area contributed by atoms with Crippen LogP contribution in [0.25, 0.3) is 0 Å². The SMILES string of the molecule is Nc1ccn(CC(=O)NCc2ccc(Cl)s2)n1. The molecule has 17 heavy (non-hydrogen) atoms. The molecule has 0 aliphatic heterocycles. The minimum absolute atomic E-state index is 0.113. The molecule has 0 bridgehead atoms. The molecular formula is C10H11ClN4OS. The van der Waals surface area contributed by atoms with E-state index in [4.69, 9.17) is 17.3 Å². The molecule has 90 valence electrons. The Morgan fingerprint density at radius 2 is 2.35 bits per heavy atom. The van der Waals surface area contributed by atoms with Gasteiger partial charge in [0.15, 0.2) is 0 Å². The molecular weight excluding hydrogens is 260 g/mol. The summed E-state index contributed by atoms with van der Waals surface area (Å²) in [6.07, 6.45) is 1.66. The fraction of sp³-hybridized carbons (Fsp3) is 0.200. The van der Waals surface area contributed by atoms with Crippen molar-refractivity contribution in [1.29, 1.82) is 0 Å². The highest BCUT2D eigenvalue weighted by Crippen LogP contribution is 2.20. The summed E-state index contributed by atoms with van der Waals surface area (Å²) in [5, 5.41) is 6.71. The van der Waals surface area contributed by atoms with Gasteiger partial charge in [0.2, 0.25) is 5.91 Å². The largest absolute Gasteiger partial charge is 0.382 e. The van der Waals surface area contributed by atoms with E-state index in [1.165, 1.54) is 16.0 Å². The lowest BCUT2D eigenvalue weighted by Crippen LogP contribution is -2.27. The van der Waals surface area contributed by atoms with E-state index in [0.717, 1.165) is 4.88 Å². The number of thiophene rings is 1. The highest BCUT2D eigenvalue weighted by molar-refractivity contribution is 7.16. The summed E-state index contributed by atoms with van der Waals surface area (Å²) in [4.78, 5) is 12.6. The molecule has 0 saturated carbocycles. The number of aromatic nitrogens is 2. The van der Waals surface area contributed by atoms with Gasteiger partial charge in [-0.2, -0.15) is 5.10 Å². The van der Waals surface area contributed by atoms with Crippen LogP contribution in [0, 0.1) is 0 Å². The van der Waals surface area contributed by atoms with Gasteiger partial charge in [-0.15, -0.1) is 11.3 Å². The number of nitrogens with two attached hydrogens (primary N) is 1. The van der Waals surface area contributed by atoms with Gasteiger partial charge in [-0.25, -0.2) is 0 Å². The Labute approximate surface area is 107 Å². The third kappa shape index (κ3) is 3.47. The maximum absolute atomic E-state index is 11.6. The van der Waals surface area contributed by atoms with E-state index >= 15 is 0 Å². The first-order valence-corrected chi connectivity index (χ1v) is 6.13. The smallest absolute Gasteiger partial charge is 0.242 e. The van der Waals surface area contributed by atoms with Crippen LogP contribution in [-0.2, 0) is 17.9 Å². The number of amides is 1. The molecule has 0 saturated heterocycles. The predicted molar refractivity (Wildman–Crippen MR) is 67.8 cm³/mol. The van der Waals surface area contributed by atoms with E-state index in [0.29, 0.717) is 16.7 Å². The zero-order valence-corrected chi connectivity index (χ0v) is 10.5. The second kappa shape index (κ2) is 5.20. The van der Waals surface area contributed by atoms with Crippen LogP contribution in [0.15, 0.2) is 24.4 Å². The lowest BCUT2D eigenvalue weighted by molar-refractivity contribution is -0.122. The van der Waals surface area contributed by atoms with Crippen molar-refractivity contribution in [3.05, 3.63) is 33.6 Å². The summed E-state index contributed by atoms with van der Waals surface area (Å²) >= 11 is 7.23. The van der Waals surface area contributed by atoms with Gasteiger partial charge in [-0.1, -0.05) is 11.6 Å². The lowest BCUT2D eigenvalue weighted by Gasteiger charge is -2.03. The number of carbonyl (C=O) groups is 1. The highest BCUT2D eigenvalue weighted by atomic mass is 35.5. The summed E-state index contributed by atoms with van der Waals surface area (Å²) in [6.45, 7) is 0.642. The number of hydrogen-bond acceptors (Lipinski definition) is 4. The van der Waals surface area contributed by atoms with Crippen LogP contribution in [0.3, 0.4) is 0 Å². The van der Waals surface area contributed by atoms with E-state index < -0.39 is 0 Å². The summed E-state index contributed by atoms with van der Waals surface area (Å²) in [5.74, 6) is 0.292. The quantitative estimate of drug-likeness (QED) is 0.884. The molecule has 2 aromatic heterocycles. The van der Waals surface area contributed by atoms with E-state index in [9.17, 15) is 4.79 Å². The normalized spacial score (nSPS) is 10.4. The van der Waals surface area contributed by atoms with Gasteiger partial charge in [0, 0.05) is 11.1 Å². The minimum Gasteiger partial charge on any atom is -0.382 e. The molecule has 2 heterocycles. The van der Waals surface area contributed by atoms with Crippen molar-refractivity contribution in [1.82, 2.24) is 15.1 Å². The zero-order valence-electron chi connectivity index (χ0n) is 8.89. The number of halogens is 1. The number of rotatable bonds is 4. The molecule has 7 heteroatoms. The molecule has 2 aromatic rings. The third-order valence-corrected chi connectivity index (χ3v) is 3.29. The molecule has 0 radical (unpaired) electrons. The van der Waals surface area contributed by atoms with E-state index in [-0.39, 0.29) is 12.5 Å². The average Bonchev–Trinajstić information content (AvgIpc) is 2.85. The minimum atomic E-state index is -0.113. The van der Waals surface area contributed by atoms with Crippen molar-refractivity contribution in [3.8, 4) is 0 Å². The number of nitrogen functional groups attached to an aromatic ring is 1. The van der Waals surface area contributed by atoms with Gasteiger partial charge in [0.25, 0.3) is 0 Å². The Kier molecular flexibility index (Phi) is 3.65. The number of carbonyl (C=O) groups excluding carboxylic acids is 1. The van der Waals surface area contributed by atoms with Crippen molar-refractivity contribution >= 4 is 34.7 Å². The fourth-order valence-corrected chi connectivity index (χ4v) is 2.33. The first-order valence-electron chi connectivity index (χ1n) is 4.93. The zero-order chi connectivity index (χ0) is 12.3. The lowest BCUT2D eigenvalue weighted by atomic mass is 10.4. The molecule has 2 rings (SSSR count). The van der Waals surface area contributed by atoms with Crippen LogP contribution in [0.1, 0.15) is 4.88 Å². The first kappa shape index (κ1) is 11.9. The molecule has 0 unspecified atom stereocenters. The van der Waals surface area contributed by atoms with Crippen molar-refractivity contribution in [2.75, 3.05) is 5.73 Å². The Hall–Kier alpha value is -1.53. The van der Waals surface area contributed by atoms with Gasteiger partial charge in [-0.3, -0.25) is 9.48 Å². The van der Waals surface area contributed by atoms with Gasteiger partial charge in [0.05, 0.1) is 10.9 Å². The topological polar surface area (TPSA) is 72.9 Å². The maximum Gasteiger partial charge on any atom is 0.242 e. The number of nitrogens with one attached hydrogen (secondary N) is 1. The Morgan fingerprint density at radius 1 is 1.53 bits per heavy atom. The van der Waals surface area contributed by atoms with Crippen molar-refractivity contribution in [2.45, 2.75) is 13.1 Å². The van der Waals surface area contributed by atoms with E-state index in [2.05, 4.69) is 10.4 Å². The molecule has 0 aliphatic rings. The van der Waals surface area contributed by atoms with Crippen molar-refractivity contribution in [3.63, 3.8) is 0 Å². The van der Waals surface area contributed by atoms with Gasteiger partial charge < -0.3 is 11.1 Å². The van der Waals surface area contributed by atoms with Crippen LogP contribution in [-0.4, -0.2) is 15.7 Å². The molecule has 3 N–H and O–H groups in total. The number of hydrogen-bond donors (Lipinski definition) is 2. The van der Waals surface area contributed by atoms with Gasteiger partial charge in [-0.05, 0) is 18.2 Å². The van der Waals surface area contributed by atoms with Crippen LogP contribution in [0.4, 0.5) is 5.82 Å². The predicted octanol–water partition coefficient (Wildman–Crippen LogP) is 1.50. The van der Waals surface area contributed by atoms with Gasteiger partial charge in [0.1, 0.15) is 12.4 Å². The summed E-state index contributed by atoms with van der Waals surface area (Å²) in [6, 6.07) is 5.34. The Balaban J connectivity index is 1.82. The standard InChI is InChI=1S/C10H11ClN4OS/c11-8-2-1-7(17-8)5-13-10(16)6-15-4-3-9(12)14-15/h1-4H,5-6H2,(H2,12,14)(H,13,16). The van der Waals surface area contributed by atoms with Crippen LogP contribution >= 0.6 is 22.9 Å². The van der Waals surface area contributed by atoms with Crippen molar-refractivity contribution < 1.29 is 4.79 Å². The van der Waals surface area contributed by atoms with Crippen LogP contribution in [0.2, 0.25) is 4.34 Å². The number of nitrogens with zero attached hydrogens (tertiary/aromatic N) is 2. The van der Waals surface area contributed by atoms with Crippen molar-refractivity contribution in [2.24, 2.45) is 0 Å². The molecule has 1 amide bonds. The molecule has 0 aliphatic carbocycles. The third-order valence-electron chi connectivity index (χ3n) is 2.06. The van der Waals surface area contributed by atoms with Gasteiger partial charge >= 0.3 is 0 Å². The first-order chi connectivity index (χ1) is 8.13. The average molecular weight is 271 g/mol. The van der Waals surface area contributed by atoms with Crippen LogP contribution in [0.5, 0.6) is 0 Å². The summed E-state index contributed by atoms with van der Waals surface area (Å²) in [7, 11) is 0. The molecule has 5 nitrogen and oxygen atoms in total. The fourth-order valence-electron chi connectivity index (χ4n) is 1.30. The molecule has 0 spiro atoms.